The lowest BCUT2D eigenvalue weighted by molar-refractivity contribution is 0.163. The first-order valence-electron chi connectivity index (χ1n) is 4.53. The number of hydrogen-bond acceptors (Lipinski definition) is 1. The first-order chi connectivity index (χ1) is 6.77. The predicted molar refractivity (Wildman–Crippen MR) is 58.2 cm³/mol. The third-order valence-electron chi connectivity index (χ3n) is 2.30. The fraction of sp³-hybridized carbons (Fsp3) is 0.273. The maximum Gasteiger partial charge on any atom is 0.144 e. The van der Waals surface area contributed by atoms with Gasteiger partial charge in [0, 0.05) is 6.42 Å². The van der Waals surface area contributed by atoms with E-state index in [1.807, 2.05) is 18.2 Å². The van der Waals surface area contributed by atoms with Crippen molar-refractivity contribution in [3.8, 4) is 0 Å². The van der Waals surface area contributed by atoms with Gasteiger partial charge in [-0.3, -0.25) is 0 Å². The highest BCUT2D eigenvalue weighted by atomic mass is 35.5. The van der Waals surface area contributed by atoms with Crippen molar-refractivity contribution in [2.45, 2.75) is 18.9 Å². The van der Waals surface area contributed by atoms with E-state index in [2.05, 4.69) is 12.1 Å². The molecule has 3 heteroatoms. The Morgan fingerprint density at radius 1 is 1.21 bits per heavy atom. The lowest BCUT2D eigenvalue weighted by Crippen LogP contribution is -1.93. The molecule has 1 fully saturated rings. The zero-order chi connectivity index (χ0) is 9.97. The summed E-state index contributed by atoms with van der Waals surface area (Å²) in [4.78, 5) is 0. The van der Waals surface area contributed by atoms with Crippen LogP contribution in [0.3, 0.4) is 0 Å². The molecule has 0 amide bonds. The summed E-state index contributed by atoms with van der Waals surface area (Å²) in [6.45, 7) is 0. The van der Waals surface area contributed by atoms with Crippen LogP contribution in [-0.4, -0.2) is 0 Å². The zero-order valence-corrected chi connectivity index (χ0v) is 9.05. The van der Waals surface area contributed by atoms with E-state index in [-0.39, 0.29) is 10.6 Å². The van der Waals surface area contributed by atoms with E-state index in [9.17, 15) is 0 Å². The van der Waals surface area contributed by atoms with Crippen molar-refractivity contribution in [2.24, 2.45) is 0 Å². The van der Waals surface area contributed by atoms with E-state index in [1.165, 1.54) is 5.56 Å². The third-order valence-corrected chi connectivity index (χ3v) is 2.72. The summed E-state index contributed by atoms with van der Waals surface area (Å²) in [7, 11) is 0. The Balaban J connectivity index is 2.14. The summed E-state index contributed by atoms with van der Waals surface area (Å²) in [5, 5.41) is 0. The molecule has 0 saturated carbocycles. The second-order valence-electron chi connectivity index (χ2n) is 3.24. The Morgan fingerprint density at radius 3 is 2.50 bits per heavy atom. The monoisotopic (exact) mass is 228 g/mol. The van der Waals surface area contributed by atoms with Crippen LogP contribution in [0.2, 0.25) is 0 Å². The van der Waals surface area contributed by atoms with Crippen LogP contribution >= 0.6 is 23.2 Å². The fourth-order valence-corrected chi connectivity index (χ4v) is 1.87. The summed E-state index contributed by atoms with van der Waals surface area (Å²) in [5.41, 5.74) is 1.18. The first-order valence-corrected chi connectivity index (χ1v) is 5.28. The summed E-state index contributed by atoms with van der Waals surface area (Å²) in [6.07, 6.45) is 1.88. The van der Waals surface area contributed by atoms with Crippen LogP contribution < -0.4 is 0 Å². The zero-order valence-electron chi connectivity index (χ0n) is 7.54. The van der Waals surface area contributed by atoms with Crippen LogP contribution in [0.25, 0.3) is 0 Å². The molecule has 1 aromatic carbocycles. The molecule has 1 heterocycles. The molecule has 0 radical (unpaired) electrons. The molecule has 0 unspecified atom stereocenters. The Morgan fingerprint density at radius 2 is 1.93 bits per heavy atom. The van der Waals surface area contributed by atoms with Gasteiger partial charge in [0.15, 0.2) is 0 Å². The van der Waals surface area contributed by atoms with Crippen molar-refractivity contribution in [1.29, 1.82) is 0 Å². The fourth-order valence-electron chi connectivity index (χ4n) is 1.59. The molecule has 1 atom stereocenters. The molecular formula is C11H10Cl2O. The van der Waals surface area contributed by atoms with Gasteiger partial charge in [-0.05, 0) is 12.0 Å². The van der Waals surface area contributed by atoms with Crippen molar-refractivity contribution in [1.82, 2.24) is 0 Å². The smallest absolute Gasteiger partial charge is 0.144 e. The average Bonchev–Trinajstić information content (AvgIpc) is 2.68. The summed E-state index contributed by atoms with van der Waals surface area (Å²) < 4.78 is 5.88. The van der Waals surface area contributed by atoms with E-state index >= 15 is 0 Å². The third kappa shape index (κ3) is 2.05. The van der Waals surface area contributed by atoms with Gasteiger partial charge in [-0.2, -0.15) is 0 Å². The average molecular weight is 229 g/mol. The summed E-state index contributed by atoms with van der Waals surface area (Å²) >= 11 is 11.3. The molecule has 14 heavy (non-hydrogen) atoms. The van der Waals surface area contributed by atoms with Crippen LogP contribution in [0.1, 0.15) is 24.5 Å². The van der Waals surface area contributed by atoms with Gasteiger partial charge < -0.3 is 4.74 Å². The van der Waals surface area contributed by atoms with Crippen LogP contribution in [-0.2, 0) is 4.74 Å². The molecule has 2 rings (SSSR count). The Hall–Kier alpha value is -0.660. The highest BCUT2D eigenvalue weighted by Gasteiger charge is 2.23. The van der Waals surface area contributed by atoms with Crippen molar-refractivity contribution < 1.29 is 4.74 Å². The number of benzene rings is 1. The SMILES string of the molecule is ClC(Cl)=C1CC[C@@H](c2ccccc2)O1. The van der Waals surface area contributed by atoms with Gasteiger partial charge >= 0.3 is 0 Å². The predicted octanol–water partition coefficient (Wildman–Crippen LogP) is 4.18. The topological polar surface area (TPSA) is 9.23 Å². The van der Waals surface area contributed by atoms with Crippen LogP contribution in [0, 0.1) is 0 Å². The minimum Gasteiger partial charge on any atom is -0.488 e. The van der Waals surface area contributed by atoms with E-state index in [0.29, 0.717) is 5.76 Å². The van der Waals surface area contributed by atoms with Gasteiger partial charge in [0.05, 0.1) is 0 Å². The van der Waals surface area contributed by atoms with E-state index in [4.69, 9.17) is 27.9 Å². The molecule has 0 aromatic heterocycles. The van der Waals surface area contributed by atoms with Gasteiger partial charge in [0.2, 0.25) is 0 Å². The molecule has 0 aliphatic carbocycles. The lowest BCUT2D eigenvalue weighted by Gasteiger charge is -2.10. The Kier molecular flexibility index (Phi) is 2.99. The highest BCUT2D eigenvalue weighted by molar-refractivity contribution is 6.56. The number of halogens is 2. The van der Waals surface area contributed by atoms with Crippen LogP contribution in [0.4, 0.5) is 0 Å². The molecule has 0 spiro atoms. The first kappa shape index (κ1) is 9.88. The van der Waals surface area contributed by atoms with E-state index in [0.717, 1.165) is 12.8 Å². The maximum atomic E-state index is 5.66. The van der Waals surface area contributed by atoms with Crippen molar-refractivity contribution in [3.05, 3.63) is 46.1 Å². The molecule has 74 valence electrons. The molecule has 0 bridgehead atoms. The van der Waals surface area contributed by atoms with Gasteiger partial charge in [-0.15, -0.1) is 0 Å². The second-order valence-corrected chi connectivity index (χ2v) is 4.19. The molecule has 1 nitrogen and oxygen atoms in total. The van der Waals surface area contributed by atoms with Gasteiger partial charge in [0.1, 0.15) is 16.4 Å². The minimum atomic E-state index is 0.110. The largest absolute Gasteiger partial charge is 0.488 e. The highest BCUT2D eigenvalue weighted by Crippen LogP contribution is 2.37. The Labute approximate surface area is 93.3 Å². The summed E-state index contributed by atoms with van der Waals surface area (Å²) in [5.74, 6) is 0.710. The van der Waals surface area contributed by atoms with E-state index < -0.39 is 0 Å². The minimum absolute atomic E-state index is 0.110. The van der Waals surface area contributed by atoms with Gasteiger partial charge in [-0.1, -0.05) is 53.5 Å². The van der Waals surface area contributed by atoms with Crippen molar-refractivity contribution in [3.63, 3.8) is 0 Å². The van der Waals surface area contributed by atoms with Gasteiger partial charge in [0.25, 0.3) is 0 Å². The molecule has 1 aliphatic rings. The second kappa shape index (κ2) is 4.24. The molecular weight excluding hydrogens is 219 g/mol. The Bertz CT molecular complexity index is 342. The molecule has 1 aliphatic heterocycles. The maximum absolute atomic E-state index is 5.66. The summed E-state index contributed by atoms with van der Waals surface area (Å²) in [6, 6.07) is 10.1. The van der Waals surface area contributed by atoms with Crippen LogP contribution in [0.5, 0.6) is 0 Å². The number of ether oxygens (including phenoxy) is 1. The number of rotatable bonds is 1. The normalized spacial score (nSPS) is 20.7. The van der Waals surface area contributed by atoms with Gasteiger partial charge in [-0.25, -0.2) is 0 Å². The van der Waals surface area contributed by atoms with Crippen molar-refractivity contribution in [2.75, 3.05) is 0 Å². The molecule has 0 N–H and O–H groups in total. The molecule has 1 aromatic rings. The standard InChI is InChI=1S/C11H10Cl2O/c12-11(13)10-7-6-9(14-10)8-4-2-1-3-5-8/h1-5,9H,6-7H2/t9-/m0/s1. The number of allylic oxidation sites excluding steroid dienone is 1. The quantitative estimate of drug-likeness (QED) is 0.701. The van der Waals surface area contributed by atoms with E-state index in [1.54, 1.807) is 0 Å². The lowest BCUT2D eigenvalue weighted by atomic mass is 10.1. The number of hydrogen-bond donors (Lipinski definition) is 0. The molecule has 1 saturated heterocycles. The van der Waals surface area contributed by atoms with Crippen molar-refractivity contribution >= 4 is 23.2 Å². The van der Waals surface area contributed by atoms with Crippen LogP contribution in [0.15, 0.2) is 40.6 Å².